The number of rotatable bonds is 4. The zero-order chi connectivity index (χ0) is 18.8. The highest BCUT2D eigenvalue weighted by atomic mass is 35.5. The molecule has 4 rings (SSSR count). The van der Waals surface area contributed by atoms with Crippen molar-refractivity contribution in [1.29, 1.82) is 0 Å². The molecule has 0 aliphatic rings. The summed E-state index contributed by atoms with van der Waals surface area (Å²) >= 11 is 6.40. The van der Waals surface area contributed by atoms with Gasteiger partial charge < -0.3 is 10.4 Å². The van der Waals surface area contributed by atoms with Gasteiger partial charge in [-0.05, 0) is 35.7 Å². The second-order valence-electron chi connectivity index (χ2n) is 6.28. The molecule has 134 valence electrons. The molecule has 0 amide bonds. The van der Waals surface area contributed by atoms with E-state index in [4.69, 9.17) is 11.6 Å². The van der Waals surface area contributed by atoms with Gasteiger partial charge in [-0.2, -0.15) is 0 Å². The lowest BCUT2D eigenvalue weighted by Crippen LogP contribution is -2.00. The number of aromatic nitrogens is 2. The smallest absolute Gasteiger partial charge is 0.157 e. The van der Waals surface area contributed by atoms with Crippen molar-refractivity contribution in [3.8, 4) is 11.1 Å². The van der Waals surface area contributed by atoms with Crippen LogP contribution in [0, 0.1) is 6.92 Å². The molecule has 0 saturated heterocycles. The number of pyridine rings is 2. The topological polar surface area (TPSA) is 58.0 Å². The number of benzene rings is 2. The summed E-state index contributed by atoms with van der Waals surface area (Å²) in [6, 6.07) is 18.2. The number of nitrogens with zero attached hydrogens (tertiary/aromatic N) is 2. The lowest BCUT2D eigenvalue weighted by Gasteiger charge is -2.15. The minimum Gasteiger partial charge on any atom is -0.392 e. The fraction of sp³-hybridized carbons (Fsp3) is 0.0909. The number of aliphatic hydroxyl groups excluding tert-OH is 1. The van der Waals surface area contributed by atoms with Crippen molar-refractivity contribution in [1.82, 2.24) is 9.97 Å². The van der Waals surface area contributed by atoms with Crippen molar-refractivity contribution in [2.24, 2.45) is 0 Å². The third-order valence-electron chi connectivity index (χ3n) is 4.63. The van der Waals surface area contributed by atoms with E-state index in [9.17, 15) is 5.11 Å². The van der Waals surface area contributed by atoms with Gasteiger partial charge in [0.05, 0.1) is 11.6 Å². The van der Waals surface area contributed by atoms with Crippen LogP contribution in [0.1, 0.15) is 11.1 Å². The molecule has 5 heteroatoms. The largest absolute Gasteiger partial charge is 0.392 e. The number of nitrogens with one attached hydrogen (secondary N) is 1. The van der Waals surface area contributed by atoms with E-state index in [0.717, 1.165) is 22.2 Å². The molecule has 2 N–H and O–H groups in total. The van der Waals surface area contributed by atoms with Crippen LogP contribution in [0.3, 0.4) is 0 Å². The Morgan fingerprint density at radius 1 is 1.00 bits per heavy atom. The lowest BCUT2D eigenvalue weighted by molar-refractivity contribution is 0.281. The number of hydrogen-bond acceptors (Lipinski definition) is 4. The second-order valence-corrected chi connectivity index (χ2v) is 6.66. The summed E-state index contributed by atoms with van der Waals surface area (Å²) in [4.78, 5) is 8.90. The van der Waals surface area contributed by atoms with Crippen LogP contribution in [0.25, 0.3) is 22.0 Å². The Balaban J connectivity index is 1.78. The summed E-state index contributed by atoms with van der Waals surface area (Å²) in [5, 5.41) is 14.1. The highest BCUT2D eigenvalue weighted by molar-refractivity contribution is 6.36. The Kier molecular flexibility index (Phi) is 4.75. The quantitative estimate of drug-likeness (QED) is 0.495. The van der Waals surface area contributed by atoms with Crippen molar-refractivity contribution in [3.63, 3.8) is 0 Å². The molecule has 2 heterocycles. The molecule has 2 aromatic carbocycles. The van der Waals surface area contributed by atoms with Gasteiger partial charge in [-0.25, -0.2) is 4.98 Å². The molecule has 4 aromatic rings. The van der Waals surface area contributed by atoms with Gasteiger partial charge in [0, 0.05) is 29.0 Å². The SMILES string of the molecule is Cc1c(Nc2nccc3c(Cl)c(CO)cnc23)cccc1-c1ccccc1. The van der Waals surface area contributed by atoms with Gasteiger partial charge in [-0.3, -0.25) is 4.98 Å². The van der Waals surface area contributed by atoms with Crippen molar-refractivity contribution < 1.29 is 5.11 Å². The summed E-state index contributed by atoms with van der Waals surface area (Å²) < 4.78 is 0. The molecule has 2 aromatic heterocycles. The van der Waals surface area contributed by atoms with E-state index in [0.29, 0.717) is 21.9 Å². The fourth-order valence-corrected chi connectivity index (χ4v) is 3.43. The Labute approximate surface area is 162 Å². The Hall–Kier alpha value is -2.95. The van der Waals surface area contributed by atoms with Crippen LogP contribution in [0.2, 0.25) is 5.02 Å². The van der Waals surface area contributed by atoms with Crippen LogP contribution >= 0.6 is 11.6 Å². The third kappa shape index (κ3) is 3.25. The molecular formula is C22H18ClN3O. The summed E-state index contributed by atoms with van der Waals surface area (Å²) in [6.45, 7) is 1.94. The standard InChI is InChI=1S/C22H18ClN3O/c1-14-17(15-6-3-2-4-7-15)8-5-9-19(14)26-22-21-18(10-11-24-22)20(23)16(13-27)12-25-21/h2-12,27H,13H2,1H3,(H,24,26). The van der Waals surface area contributed by atoms with Gasteiger partial charge in [0.2, 0.25) is 0 Å². The van der Waals surface area contributed by atoms with Crippen LogP contribution in [0.4, 0.5) is 11.5 Å². The molecule has 0 aliphatic carbocycles. The Morgan fingerprint density at radius 3 is 2.59 bits per heavy atom. The summed E-state index contributed by atoms with van der Waals surface area (Å²) in [7, 11) is 0. The van der Waals surface area contributed by atoms with Gasteiger partial charge >= 0.3 is 0 Å². The predicted molar refractivity (Wildman–Crippen MR) is 110 cm³/mol. The zero-order valence-corrected chi connectivity index (χ0v) is 15.5. The van der Waals surface area contributed by atoms with Gasteiger partial charge in [0.15, 0.2) is 5.82 Å². The van der Waals surface area contributed by atoms with E-state index in [-0.39, 0.29) is 6.61 Å². The first-order valence-electron chi connectivity index (χ1n) is 8.64. The van der Waals surface area contributed by atoms with Crippen LogP contribution in [-0.4, -0.2) is 15.1 Å². The normalized spacial score (nSPS) is 10.9. The molecule has 0 spiro atoms. The van der Waals surface area contributed by atoms with Gasteiger partial charge in [-0.15, -0.1) is 0 Å². The Morgan fingerprint density at radius 2 is 1.81 bits per heavy atom. The molecule has 0 fully saturated rings. The van der Waals surface area contributed by atoms with Crippen molar-refractivity contribution in [2.75, 3.05) is 5.32 Å². The fourth-order valence-electron chi connectivity index (χ4n) is 3.16. The number of aliphatic hydroxyl groups is 1. The van der Waals surface area contributed by atoms with E-state index in [1.807, 2.05) is 36.4 Å². The number of halogens is 1. The van der Waals surface area contributed by atoms with E-state index in [2.05, 4.69) is 40.4 Å². The summed E-state index contributed by atoms with van der Waals surface area (Å²) in [6.07, 6.45) is 3.28. The minimum absolute atomic E-state index is 0.148. The molecule has 0 atom stereocenters. The van der Waals surface area contributed by atoms with E-state index in [1.54, 1.807) is 12.4 Å². The number of hydrogen-bond donors (Lipinski definition) is 2. The average Bonchev–Trinajstić information content (AvgIpc) is 2.71. The van der Waals surface area contributed by atoms with Crippen molar-refractivity contribution in [3.05, 3.63) is 83.1 Å². The highest BCUT2D eigenvalue weighted by Gasteiger charge is 2.12. The second kappa shape index (κ2) is 7.35. The number of anilines is 2. The Bertz CT molecular complexity index is 1110. The van der Waals surface area contributed by atoms with E-state index in [1.165, 1.54) is 5.56 Å². The first-order chi connectivity index (χ1) is 13.2. The monoisotopic (exact) mass is 375 g/mol. The molecule has 0 unspecified atom stereocenters. The molecule has 0 bridgehead atoms. The summed E-state index contributed by atoms with van der Waals surface area (Å²) in [5.41, 5.74) is 5.68. The molecular weight excluding hydrogens is 358 g/mol. The highest BCUT2D eigenvalue weighted by Crippen LogP contribution is 2.33. The molecule has 27 heavy (non-hydrogen) atoms. The maximum atomic E-state index is 9.40. The maximum Gasteiger partial charge on any atom is 0.157 e. The number of fused-ring (bicyclic) bond motifs is 1. The lowest BCUT2D eigenvalue weighted by atomic mass is 9.99. The van der Waals surface area contributed by atoms with Gasteiger partial charge in [0.1, 0.15) is 5.52 Å². The van der Waals surface area contributed by atoms with Gasteiger partial charge in [0.25, 0.3) is 0 Å². The van der Waals surface area contributed by atoms with Gasteiger partial charge in [-0.1, -0.05) is 54.1 Å². The average molecular weight is 376 g/mol. The molecule has 0 aliphatic heterocycles. The van der Waals surface area contributed by atoms with Crippen LogP contribution in [0.15, 0.2) is 67.0 Å². The van der Waals surface area contributed by atoms with E-state index >= 15 is 0 Å². The van der Waals surface area contributed by atoms with Crippen molar-refractivity contribution in [2.45, 2.75) is 13.5 Å². The maximum absolute atomic E-state index is 9.40. The van der Waals surface area contributed by atoms with Crippen LogP contribution in [0.5, 0.6) is 0 Å². The first kappa shape index (κ1) is 17.5. The third-order valence-corrected chi connectivity index (χ3v) is 5.08. The minimum atomic E-state index is -0.148. The molecule has 0 radical (unpaired) electrons. The molecule has 0 saturated carbocycles. The van der Waals surface area contributed by atoms with E-state index < -0.39 is 0 Å². The van der Waals surface area contributed by atoms with Crippen LogP contribution < -0.4 is 5.32 Å². The summed E-state index contributed by atoms with van der Waals surface area (Å²) in [5.74, 6) is 0.632. The predicted octanol–water partition coefficient (Wildman–Crippen LogP) is 5.49. The first-order valence-corrected chi connectivity index (χ1v) is 9.02. The van der Waals surface area contributed by atoms with Crippen molar-refractivity contribution >= 4 is 34.0 Å². The zero-order valence-electron chi connectivity index (χ0n) is 14.8. The molecule has 4 nitrogen and oxygen atoms in total. The van der Waals surface area contributed by atoms with Crippen LogP contribution in [-0.2, 0) is 6.61 Å².